The summed E-state index contributed by atoms with van der Waals surface area (Å²) in [5.41, 5.74) is 2.52. The van der Waals surface area contributed by atoms with Gasteiger partial charge in [-0.25, -0.2) is 0 Å². The summed E-state index contributed by atoms with van der Waals surface area (Å²) in [6, 6.07) is 8.74. The lowest BCUT2D eigenvalue weighted by atomic mass is 9.80. The molecule has 1 saturated heterocycles. The fourth-order valence-electron chi connectivity index (χ4n) is 4.27. The van der Waals surface area contributed by atoms with Gasteiger partial charge in [0.25, 0.3) is 0 Å². The van der Waals surface area contributed by atoms with Crippen molar-refractivity contribution in [2.75, 3.05) is 31.1 Å². The van der Waals surface area contributed by atoms with Gasteiger partial charge in [-0.2, -0.15) is 0 Å². The third-order valence-electron chi connectivity index (χ3n) is 5.84. The van der Waals surface area contributed by atoms with Crippen LogP contribution in [0.5, 0.6) is 0 Å². The Hall–Kier alpha value is -2.04. The quantitative estimate of drug-likeness (QED) is 0.885. The molecule has 0 atom stereocenters. The van der Waals surface area contributed by atoms with E-state index in [1.54, 1.807) is 0 Å². The second-order valence-corrected chi connectivity index (χ2v) is 8.36. The minimum atomic E-state index is 0.0783. The summed E-state index contributed by atoms with van der Waals surface area (Å²) in [7, 11) is 0. The molecular formula is C22H33N3O2. The number of rotatable bonds is 4. The molecule has 3 rings (SSSR count). The van der Waals surface area contributed by atoms with Gasteiger partial charge in [0.05, 0.1) is 0 Å². The van der Waals surface area contributed by atoms with Gasteiger partial charge in [0.1, 0.15) is 0 Å². The Morgan fingerprint density at radius 2 is 1.63 bits per heavy atom. The molecule has 1 saturated carbocycles. The monoisotopic (exact) mass is 371 g/mol. The lowest BCUT2D eigenvalue weighted by Gasteiger charge is -2.38. The van der Waals surface area contributed by atoms with Crippen LogP contribution in [0.1, 0.15) is 45.1 Å². The molecule has 5 heteroatoms. The predicted molar refractivity (Wildman–Crippen MR) is 109 cm³/mol. The number of benzene rings is 1. The number of nitrogens with one attached hydrogen (secondary N) is 1. The van der Waals surface area contributed by atoms with E-state index >= 15 is 0 Å². The first-order valence-corrected chi connectivity index (χ1v) is 10.3. The zero-order valence-electron chi connectivity index (χ0n) is 16.9. The molecule has 2 amide bonds. The Kier molecular flexibility index (Phi) is 6.40. The van der Waals surface area contributed by atoms with Crippen LogP contribution in [-0.4, -0.2) is 48.9 Å². The van der Waals surface area contributed by atoms with Gasteiger partial charge in [-0.1, -0.05) is 12.1 Å². The highest BCUT2D eigenvalue weighted by molar-refractivity contribution is 5.81. The molecule has 1 aromatic carbocycles. The van der Waals surface area contributed by atoms with Crippen LogP contribution < -0.4 is 10.2 Å². The third kappa shape index (κ3) is 5.02. The number of carbonyl (C=O) groups excluding carboxylic acids is 2. The Morgan fingerprint density at radius 1 is 1.00 bits per heavy atom. The highest BCUT2D eigenvalue weighted by Crippen LogP contribution is 2.31. The van der Waals surface area contributed by atoms with Crippen LogP contribution in [0.3, 0.4) is 0 Å². The average Bonchev–Trinajstić information content (AvgIpc) is 2.67. The largest absolute Gasteiger partial charge is 0.368 e. The zero-order chi connectivity index (χ0) is 19.4. The molecule has 0 bridgehead atoms. The molecule has 1 aliphatic heterocycles. The molecule has 1 heterocycles. The van der Waals surface area contributed by atoms with Crippen LogP contribution in [0, 0.1) is 18.8 Å². The van der Waals surface area contributed by atoms with Crippen molar-refractivity contribution in [1.29, 1.82) is 0 Å². The fourth-order valence-corrected chi connectivity index (χ4v) is 4.27. The number of amides is 2. The molecule has 2 aliphatic rings. The van der Waals surface area contributed by atoms with Crippen molar-refractivity contribution >= 4 is 17.5 Å². The van der Waals surface area contributed by atoms with Gasteiger partial charge in [-0.15, -0.1) is 0 Å². The third-order valence-corrected chi connectivity index (χ3v) is 5.84. The van der Waals surface area contributed by atoms with E-state index in [0.717, 1.165) is 51.9 Å². The van der Waals surface area contributed by atoms with E-state index in [2.05, 4.69) is 41.4 Å². The highest BCUT2D eigenvalue weighted by atomic mass is 16.2. The van der Waals surface area contributed by atoms with Gasteiger partial charge < -0.3 is 15.1 Å². The van der Waals surface area contributed by atoms with E-state index in [1.165, 1.54) is 11.3 Å². The first-order chi connectivity index (χ1) is 12.9. The molecule has 1 N–H and O–H groups in total. The summed E-state index contributed by atoms with van der Waals surface area (Å²) in [4.78, 5) is 29.5. The molecule has 1 aromatic rings. The number of carbonyl (C=O) groups is 2. The molecule has 0 radical (unpaired) electrons. The molecule has 5 nitrogen and oxygen atoms in total. The van der Waals surface area contributed by atoms with Gasteiger partial charge in [0.2, 0.25) is 11.8 Å². The van der Waals surface area contributed by atoms with Crippen LogP contribution in [0.25, 0.3) is 0 Å². The van der Waals surface area contributed by atoms with Crippen LogP contribution in [0.4, 0.5) is 5.69 Å². The van der Waals surface area contributed by atoms with Gasteiger partial charge in [-0.3, -0.25) is 9.59 Å². The smallest absolute Gasteiger partial charge is 0.225 e. The van der Waals surface area contributed by atoms with Gasteiger partial charge in [0.15, 0.2) is 0 Å². The maximum Gasteiger partial charge on any atom is 0.225 e. The molecule has 0 aromatic heterocycles. The molecule has 0 spiro atoms. The fraction of sp³-hybridized carbons (Fsp3) is 0.636. The molecule has 27 heavy (non-hydrogen) atoms. The Morgan fingerprint density at radius 3 is 2.22 bits per heavy atom. The Balaban J connectivity index is 1.47. The van der Waals surface area contributed by atoms with Gasteiger partial charge >= 0.3 is 0 Å². The number of nitrogens with zero attached hydrogens (tertiary/aromatic N) is 2. The van der Waals surface area contributed by atoms with Crippen LogP contribution >= 0.6 is 0 Å². The van der Waals surface area contributed by atoms with Crippen molar-refractivity contribution in [3.8, 4) is 0 Å². The standard InChI is InChI=1S/C22H33N3O2/c1-16(2)23-21(26)18-7-9-19(10-8-18)22(27)25-13-11-24(12-14-25)20-6-4-5-17(3)15-20/h4-6,15-16,18-19H,7-14H2,1-3H3,(H,23,26). The predicted octanol–water partition coefficient (Wildman–Crippen LogP) is 2.97. The zero-order valence-corrected chi connectivity index (χ0v) is 16.9. The van der Waals surface area contributed by atoms with E-state index in [-0.39, 0.29) is 23.8 Å². The summed E-state index contributed by atoms with van der Waals surface area (Å²) in [6.07, 6.45) is 3.34. The number of hydrogen-bond acceptors (Lipinski definition) is 3. The number of hydrogen-bond donors (Lipinski definition) is 1. The molecule has 1 aliphatic carbocycles. The lowest BCUT2D eigenvalue weighted by molar-refractivity contribution is -0.138. The van der Waals surface area contributed by atoms with Crippen LogP contribution in [-0.2, 0) is 9.59 Å². The number of piperazine rings is 1. The summed E-state index contributed by atoms with van der Waals surface area (Å²) in [5, 5.41) is 3.00. The van der Waals surface area contributed by atoms with E-state index in [4.69, 9.17) is 0 Å². The molecule has 0 unspecified atom stereocenters. The molecule has 2 fully saturated rings. The Bertz CT molecular complexity index is 657. The van der Waals surface area contributed by atoms with E-state index in [0.29, 0.717) is 5.91 Å². The SMILES string of the molecule is Cc1cccc(N2CCN(C(=O)C3CCC(C(=O)NC(C)C)CC3)CC2)c1. The van der Waals surface area contributed by atoms with E-state index < -0.39 is 0 Å². The van der Waals surface area contributed by atoms with Crippen molar-refractivity contribution in [2.45, 2.75) is 52.5 Å². The minimum absolute atomic E-state index is 0.0783. The van der Waals surface area contributed by atoms with Crippen molar-refractivity contribution in [3.05, 3.63) is 29.8 Å². The maximum absolute atomic E-state index is 12.9. The minimum Gasteiger partial charge on any atom is -0.368 e. The Labute approximate surface area is 163 Å². The van der Waals surface area contributed by atoms with E-state index in [1.807, 2.05) is 18.7 Å². The summed E-state index contributed by atoms with van der Waals surface area (Å²) < 4.78 is 0. The topological polar surface area (TPSA) is 52.7 Å². The summed E-state index contributed by atoms with van der Waals surface area (Å²) in [5.74, 6) is 0.623. The van der Waals surface area contributed by atoms with Crippen molar-refractivity contribution in [1.82, 2.24) is 10.2 Å². The highest BCUT2D eigenvalue weighted by Gasteiger charge is 2.33. The summed E-state index contributed by atoms with van der Waals surface area (Å²) in [6.45, 7) is 9.46. The van der Waals surface area contributed by atoms with E-state index in [9.17, 15) is 9.59 Å². The van der Waals surface area contributed by atoms with Crippen molar-refractivity contribution in [3.63, 3.8) is 0 Å². The van der Waals surface area contributed by atoms with Crippen molar-refractivity contribution < 1.29 is 9.59 Å². The van der Waals surface area contributed by atoms with Crippen LogP contribution in [0.2, 0.25) is 0 Å². The average molecular weight is 372 g/mol. The maximum atomic E-state index is 12.9. The molecular weight excluding hydrogens is 338 g/mol. The molecule has 148 valence electrons. The van der Waals surface area contributed by atoms with Crippen molar-refractivity contribution in [2.24, 2.45) is 11.8 Å². The second-order valence-electron chi connectivity index (χ2n) is 8.36. The first kappa shape index (κ1) is 19.7. The van der Waals surface area contributed by atoms with Gasteiger partial charge in [0, 0.05) is 49.7 Å². The first-order valence-electron chi connectivity index (χ1n) is 10.3. The number of aryl methyl sites for hydroxylation is 1. The number of anilines is 1. The van der Waals surface area contributed by atoms with Crippen LogP contribution in [0.15, 0.2) is 24.3 Å². The second kappa shape index (κ2) is 8.77. The lowest BCUT2D eigenvalue weighted by Crippen LogP contribution is -2.51. The van der Waals surface area contributed by atoms with Gasteiger partial charge in [-0.05, 0) is 64.2 Å². The summed E-state index contributed by atoms with van der Waals surface area (Å²) >= 11 is 0. The normalized spacial score (nSPS) is 23.4.